The molecule has 110 valence electrons. The molecule has 0 atom stereocenters. The molecule has 0 spiro atoms. The number of benzene rings is 1. The fourth-order valence-electron chi connectivity index (χ4n) is 1.84. The lowest BCUT2D eigenvalue weighted by atomic mass is 10.1. The third-order valence-electron chi connectivity index (χ3n) is 2.78. The Bertz CT molecular complexity index is 646. The van der Waals surface area contributed by atoms with E-state index in [9.17, 15) is 8.42 Å². The summed E-state index contributed by atoms with van der Waals surface area (Å²) in [5.74, 6) is 0. The Hall–Kier alpha value is -0.950. The highest BCUT2D eigenvalue weighted by Gasteiger charge is 2.01. The second kappa shape index (κ2) is 7.17. The van der Waals surface area contributed by atoms with Crippen molar-refractivity contribution < 1.29 is 17.3 Å². The summed E-state index contributed by atoms with van der Waals surface area (Å²) < 4.78 is 32.9. The van der Waals surface area contributed by atoms with Crippen molar-refractivity contribution >= 4 is 31.5 Å². The molecule has 0 unspecified atom stereocenters. The van der Waals surface area contributed by atoms with E-state index >= 15 is 0 Å². The Kier molecular flexibility index (Phi) is 5.54. The number of fused-ring (bicyclic) bond motifs is 1. The summed E-state index contributed by atoms with van der Waals surface area (Å²) in [6, 6.07) is 8.55. The van der Waals surface area contributed by atoms with Crippen molar-refractivity contribution in [2.45, 2.75) is 12.8 Å². The first-order chi connectivity index (χ1) is 9.54. The van der Waals surface area contributed by atoms with E-state index in [4.69, 9.17) is 4.74 Å². The van der Waals surface area contributed by atoms with Crippen molar-refractivity contribution in [3.63, 3.8) is 0 Å². The smallest absolute Gasteiger partial charge is 0.264 e. The Morgan fingerprint density at radius 3 is 2.80 bits per heavy atom. The number of hydrogen-bond donors (Lipinski definition) is 0. The molecule has 0 saturated carbocycles. The number of thiophene rings is 1. The Labute approximate surface area is 123 Å². The zero-order valence-corrected chi connectivity index (χ0v) is 13.0. The van der Waals surface area contributed by atoms with Gasteiger partial charge in [0, 0.05) is 11.3 Å². The fraction of sp³-hybridized carbons (Fsp3) is 0.429. The third kappa shape index (κ3) is 5.20. The summed E-state index contributed by atoms with van der Waals surface area (Å²) in [6.07, 6.45) is 2.49. The van der Waals surface area contributed by atoms with E-state index in [1.54, 1.807) is 11.3 Å². The van der Waals surface area contributed by atoms with Crippen LogP contribution >= 0.6 is 11.3 Å². The van der Waals surface area contributed by atoms with E-state index in [1.165, 1.54) is 15.6 Å². The molecular formula is C14H18O4S2. The van der Waals surface area contributed by atoms with Gasteiger partial charge in [0.25, 0.3) is 10.1 Å². The van der Waals surface area contributed by atoms with Crippen LogP contribution in [0.1, 0.15) is 12.0 Å². The number of hydrogen-bond acceptors (Lipinski definition) is 5. The molecule has 0 saturated heterocycles. The molecule has 0 aliphatic heterocycles. The van der Waals surface area contributed by atoms with Gasteiger partial charge in [-0.3, -0.25) is 4.18 Å². The van der Waals surface area contributed by atoms with Gasteiger partial charge in [-0.2, -0.15) is 8.42 Å². The van der Waals surface area contributed by atoms with Crippen LogP contribution in [0.5, 0.6) is 0 Å². The average Bonchev–Trinajstić information content (AvgIpc) is 2.83. The lowest BCUT2D eigenvalue weighted by Crippen LogP contribution is -2.07. The first-order valence-corrected chi connectivity index (χ1v) is 9.12. The lowest BCUT2D eigenvalue weighted by molar-refractivity contribution is 0.123. The molecule has 6 heteroatoms. The maximum atomic E-state index is 10.7. The zero-order chi connectivity index (χ0) is 14.4. The molecule has 1 aromatic heterocycles. The van der Waals surface area contributed by atoms with Gasteiger partial charge in [0.15, 0.2) is 0 Å². The zero-order valence-electron chi connectivity index (χ0n) is 11.4. The van der Waals surface area contributed by atoms with Gasteiger partial charge in [-0.1, -0.05) is 12.1 Å². The molecule has 0 fully saturated rings. The van der Waals surface area contributed by atoms with Gasteiger partial charge in [-0.05, 0) is 41.3 Å². The molecule has 1 heterocycles. The largest absolute Gasteiger partial charge is 0.381 e. The van der Waals surface area contributed by atoms with Gasteiger partial charge in [-0.15, -0.1) is 11.3 Å². The normalized spacial score (nSPS) is 12.1. The van der Waals surface area contributed by atoms with Gasteiger partial charge in [-0.25, -0.2) is 0 Å². The molecular weight excluding hydrogens is 296 g/mol. The maximum absolute atomic E-state index is 10.7. The molecule has 2 aromatic rings. The van der Waals surface area contributed by atoms with Crippen molar-refractivity contribution in [3.8, 4) is 0 Å². The topological polar surface area (TPSA) is 52.6 Å². The van der Waals surface area contributed by atoms with Gasteiger partial charge in [0.1, 0.15) is 0 Å². The number of ether oxygens (including phenoxy) is 1. The lowest BCUT2D eigenvalue weighted by Gasteiger charge is -2.05. The molecule has 0 radical (unpaired) electrons. The first kappa shape index (κ1) is 15.4. The van der Waals surface area contributed by atoms with Gasteiger partial charge in [0.05, 0.1) is 19.5 Å². The quantitative estimate of drug-likeness (QED) is 0.555. The fourth-order valence-corrected chi connectivity index (χ4v) is 3.03. The minimum atomic E-state index is -3.33. The molecule has 1 aromatic carbocycles. The van der Waals surface area contributed by atoms with Crippen LogP contribution in [0.2, 0.25) is 0 Å². The predicted octanol–water partition coefficient (Wildman–Crippen LogP) is 2.83. The summed E-state index contributed by atoms with van der Waals surface area (Å²) in [4.78, 5) is 0. The molecule has 0 bridgehead atoms. The standard InChI is InChI=1S/C14H18O4S2/c1-20(15,16)18-8-2-7-17-9-5-12-3-4-14-13(11-12)6-10-19-14/h3-4,6,10-11H,2,5,7-9H2,1H3. The first-order valence-electron chi connectivity index (χ1n) is 6.43. The van der Waals surface area contributed by atoms with E-state index in [0.29, 0.717) is 19.6 Å². The van der Waals surface area contributed by atoms with E-state index in [0.717, 1.165) is 12.7 Å². The Morgan fingerprint density at radius 2 is 2.00 bits per heavy atom. The summed E-state index contributed by atoms with van der Waals surface area (Å²) in [6.45, 7) is 1.32. The molecule has 0 N–H and O–H groups in total. The van der Waals surface area contributed by atoms with Crippen LogP contribution < -0.4 is 0 Å². The van der Waals surface area contributed by atoms with E-state index < -0.39 is 10.1 Å². The Balaban J connectivity index is 1.63. The van der Waals surface area contributed by atoms with Crippen molar-refractivity contribution in [2.75, 3.05) is 26.1 Å². The summed E-state index contributed by atoms with van der Waals surface area (Å²) >= 11 is 1.74. The van der Waals surface area contributed by atoms with Crippen molar-refractivity contribution in [1.82, 2.24) is 0 Å². The molecule has 20 heavy (non-hydrogen) atoms. The van der Waals surface area contributed by atoms with Crippen molar-refractivity contribution in [2.24, 2.45) is 0 Å². The summed E-state index contributed by atoms with van der Waals surface area (Å²) in [5.41, 5.74) is 1.25. The highest BCUT2D eigenvalue weighted by Crippen LogP contribution is 2.21. The molecule has 4 nitrogen and oxygen atoms in total. The second-order valence-corrected chi connectivity index (χ2v) is 7.13. The van der Waals surface area contributed by atoms with E-state index in [1.807, 2.05) is 0 Å². The highest BCUT2D eigenvalue weighted by atomic mass is 32.2. The second-order valence-electron chi connectivity index (χ2n) is 4.53. The van der Waals surface area contributed by atoms with Crippen molar-refractivity contribution in [1.29, 1.82) is 0 Å². The molecule has 0 aliphatic carbocycles. The number of rotatable bonds is 8. The SMILES string of the molecule is CS(=O)(=O)OCCCOCCc1ccc2sccc2c1. The van der Waals surface area contributed by atoms with Crippen LogP contribution in [-0.2, 0) is 25.5 Å². The maximum Gasteiger partial charge on any atom is 0.264 e. The molecule has 0 aliphatic rings. The van der Waals surface area contributed by atoms with Crippen LogP contribution in [0.4, 0.5) is 0 Å². The monoisotopic (exact) mass is 314 g/mol. The van der Waals surface area contributed by atoms with Gasteiger partial charge >= 0.3 is 0 Å². The highest BCUT2D eigenvalue weighted by molar-refractivity contribution is 7.85. The predicted molar refractivity (Wildman–Crippen MR) is 81.8 cm³/mol. The van der Waals surface area contributed by atoms with E-state index in [2.05, 4.69) is 33.8 Å². The van der Waals surface area contributed by atoms with Gasteiger partial charge in [0.2, 0.25) is 0 Å². The third-order valence-corrected chi connectivity index (χ3v) is 4.28. The Morgan fingerprint density at radius 1 is 1.15 bits per heavy atom. The minimum Gasteiger partial charge on any atom is -0.381 e. The van der Waals surface area contributed by atoms with Gasteiger partial charge < -0.3 is 4.74 Å². The van der Waals surface area contributed by atoms with Crippen LogP contribution in [0.15, 0.2) is 29.6 Å². The van der Waals surface area contributed by atoms with Crippen LogP contribution in [0, 0.1) is 0 Å². The van der Waals surface area contributed by atoms with E-state index in [-0.39, 0.29) is 6.61 Å². The summed E-state index contributed by atoms with van der Waals surface area (Å²) in [5, 5.41) is 3.36. The van der Waals surface area contributed by atoms with Crippen LogP contribution in [0.3, 0.4) is 0 Å². The minimum absolute atomic E-state index is 0.180. The molecule has 2 rings (SSSR count). The summed E-state index contributed by atoms with van der Waals surface area (Å²) in [7, 11) is -3.33. The van der Waals surface area contributed by atoms with Crippen LogP contribution in [-0.4, -0.2) is 34.5 Å². The average molecular weight is 314 g/mol. The van der Waals surface area contributed by atoms with Crippen LogP contribution in [0.25, 0.3) is 10.1 Å². The van der Waals surface area contributed by atoms with Crippen molar-refractivity contribution in [3.05, 3.63) is 35.2 Å². The molecule has 0 amide bonds.